The van der Waals surface area contributed by atoms with Crippen LogP contribution in [0.3, 0.4) is 0 Å². The van der Waals surface area contributed by atoms with Gasteiger partial charge in [-0.05, 0) is 0 Å². The monoisotopic (exact) mass is 251 g/mol. The fourth-order valence-corrected chi connectivity index (χ4v) is 0. The summed E-state index contributed by atoms with van der Waals surface area (Å²) < 4.78 is 13.1. The standard InChI is InChI=1S/Fe.Mo.H3O4P/c;;1-5(2,3)4/h;;(H3,1,2,3,4)/q;+1;/p-1. The van der Waals surface area contributed by atoms with Crippen LogP contribution in [-0.4, -0.2) is 9.79 Å². The summed E-state index contributed by atoms with van der Waals surface area (Å²) in [7, 11) is -4.14. The molecule has 0 rings (SSSR count). The van der Waals surface area contributed by atoms with Crippen LogP contribution in [0, 0.1) is 0 Å². The van der Waals surface area contributed by atoms with E-state index in [2.05, 4.69) is 3.18 Å². The molecule has 0 saturated carbocycles. The van der Waals surface area contributed by atoms with Crippen LogP contribution in [0.5, 0.6) is 0 Å². The van der Waals surface area contributed by atoms with Crippen LogP contribution in [0.2, 0.25) is 0 Å². The molecule has 0 unspecified atom stereocenters. The Balaban J connectivity index is 0. The molecule has 45 valence electrons. The molecule has 0 aliphatic heterocycles. The summed E-state index contributed by atoms with van der Waals surface area (Å²) in [5.41, 5.74) is 0. The summed E-state index contributed by atoms with van der Waals surface area (Å²) in [6, 6.07) is 0. The second-order valence-corrected chi connectivity index (χ2v) is 2.79. The second-order valence-electron chi connectivity index (χ2n) is 0.565. The first-order chi connectivity index (χ1) is 2.56. The fraction of sp³-hybridized carbons (Fsp3) is 0. The summed E-state index contributed by atoms with van der Waals surface area (Å²) >= 11 is 0.883. The Labute approximate surface area is 62.7 Å². The van der Waals surface area contributed by atoms with Crippen LogP contribution in [0.15, 0.2) is 0 Å². The van der Waals surface area contributed by atoms with Gasteiger partial charge in [0.15, 0.2) is 0 Å². The molecule has 0 fully saturated rings. The van der Waals surface area contributed by atoms with Crippen molar-refractivity contribution in [2.24, 2.45) is 0 Å². The zero-order chi connectivity index (χ0) is 5.21. The minimum Gasteiger partial charge on any atom is 0 e. The van der Waals surface area contributed by atoms with Crippen molar-refractivity contribution in [3.63, 3.8) is 0 Å². The summed E-state index contributed by atoms with van der Waals surface area (Å²) in [5, 5.41) is 0. The maximum absolute atomic E-state index is 9.47. The largest absolute Gasteiger partial charge is 0 e. The van der Waals surface area contributed by atoms with E-state index in [0.717, 1.165) is 20.2 Å². The Morgan fingerprint density at radius 3 is 1.71 bits per heavy atom. The molecular weight excluding hydrogens is 247 g/mol. The first-order valence-electron chi connectivity index (χ1n) is 0.932. The molecule has 0 spiro atoms. The van der Waals surface area contributed by atoms with E-state index in [9.17, 15) is 4.57 Å². The minimum atomic E-state index is -4.14. The zero-order valence-electron chi connectivity index (χ0n) is 2.92. The maximum atomic E-state index is 9.47. The number of hydrogen-bond acceptors (Lipinski definition) is 2. The SMILES string of the molecule is O=P(O)(O)[O][Mo].[Fe]. The topological polar surface area (TPSA) is 66.8 Å². The van der Waals surface area contributed by atoms with E-state index in [1.54, 1.807) is 0 Å². The summed E-state index contributed by atoms with van der Waals surface area (Å²) in [6.45, 7) is 0. The van der Waals surface area contributed by atoms with Crippen LogP contribution in [0.4, 0.5) is 0 Å². The average Bonchev–Trinajstić information content (AvgIpc) is 1.35. The van der Waals surface area contributed by atoms with Crippen molar-refractivity contribution in [2.45, 2.75) is 0 Å². The number of rotatable bonds is 1. The van der Waals surface area contributed by atoms with Gasteiger partial charge in [0.2, 0.25) is 0 Å². The van der Waals surface area contributed by atoms with E-state index in [-0.39, 0.29) is 17.1 Å². The van der Waals surface area contributed by atoms with E-state index < -0.39 is 7.82 Å². The number of hydrogen-bond donors (Lipinski definition) is 2. The molecule has 0 saturated heterocycles. The average molecular weight is 249 g/mol. The van der Waals surface area contributed by atoms with Gasteiger partial charge in [0.1, 0.15) is 0 Å². The first-order valence-corrected chi connectivity index (χ1v) is 3.28. The summed E-state index contributed by atoms with van der Waals surface area (Å²) in [6.07, 6.45) is 0. The molecule has 0 amide bonds. The van der Waals surface area contributed by atoms with Gasteiger partial charge >= 0.3 is 45.5 Å². The molecule has 0 aromatic carbocycles. The first kappa shape index (κ1) is 11.2. The molecule has 4 nitrogen and oxygen atoms in total. The molecule has 7 heavy (non-hydrogen) atoms. The Morgan fingerprint density at radius 2 is 1.71 bits per heavy atom. The molecule has 7 heteroatoms. The van der Waals surface area contributed by atoms with E-state index >= 15 is 0 Å². The van der Waals surface area contributed by atoms with Crippen molar-refractivity contribution in [1.29, 1.82) is 0 Å². The summed E-state index contributed by atoms with van der Waals surface area (Å²) in [5.74, 6) is 0. The molecule has 0 bridgehead atoms. The Kier molecular flexibility index (Phi) is 6.73. The molecule has 0 heterocycles. The molecule has 0 aromatic heterocycles. The predicted octanol–water partition coefficient (Wildman–Crippen LogP) is -0.445. The fourth-order valence-electron chi connectivity index (χ4n) is 0. The van der Waals surface area contributed by atoms with Crippen LogP contribution in [0.25, 0.3) is 0 Å². The summed E-state index contributed by atoms with van der Waals surface area (Å²) in [4.78, 5) is 15.4. The van der Waals surface area contributed by atoms with Crippen LogP contribution in [-0.2, 0) is 45.0 Å². The quantitative estimate of drug-likeness (QED) is 0.488. The Hall–Kier alpha value is 1.32. The van der Waals surface area contributed by atoms with Crippen LogP contribution < -0.4 is 0 Å². The van der Waals surface area contributed by atoms with E-state index in [4.69, 9.17) is 9.79 Å². The predicted molar refractivity (Wildman–Crippen MR) is 13.1 cm³/mol. The van der Waals surface area contributed by atoms with Gasteiger partial charge < -0.3 is 0 Å². The maximum Gasteiger partial charge on any atom is 0 e. The van der Waals surface area contributed by atoms with Gasteiger partial charge in [-0.15, -0.1) is 0 Å². The third kappa shape index (κ3) is 11.1. The van der Waals surface area contributed by atoms with Crippen molar-refractivity contribution < 1.29 is 54.8 Å². The Bertz CT molecular complexity index is 75.8. The third-order valence-corrected chi connectivity index (χ3v) is 1.72. The van der Waals surface area contributed by atoms with Crippen LogP contribution in [0.1, 0.15) is 0 Å². The zero-order valence-corrected chi connectivity index (χ0v) is 6.93. The van der Waals surface area contributed by atoms with E-state index in [1.165, 1.54) is 0 Å². The number of phosphoric acid groups is 1. The van der Waals surface area contributed by atoms with Crippen LogP contribution >= 0.6 is 7.82 Å². The minimum absolute atomic E-state index is 0. The molecule has 0 aliphatic carbocycles. The van der Waals surface area contributed by atoms with Gasteiger partial charge in [-0.3, -0.25) is 0 Å². The molecule has 0 aliphatic rings. The molecule has 2 N–H and O–H groups in total. The van der Waals surface area contributed by atoms with E-state index in [1.807, 2.05) is 0 Å². The molecule has 0 atom stereocenters. The van der Waals surface area contributed by atoms with E-state index in [0.29, 0.717) is 0 Å². The van der Waals surface area contributed by atoms with Gasteiger partial charge in [0.25, 0.3) is 0 Å². The van der Waals surface area contributed by atoms with Crippen molar-refractivity contribution in [3.8, 4) is 0 Å². The Morgan fingerprint density at radius 1 is 1.57 bits per heavy atom. The van der Waals surface area contributed by atoms with Crippen molar-refractivity contribution in [2.75, 3.05) is 0 Å². The normalized spacial score (nSPS) is 10.0. The van der Waals surface area contributed by atoms with Gasteiger partial charge in [-0.25, -0.2) is 0 Å². The van der Waals surface area contributed by atoms with Crippen molar-refractivity contribution in [3.05, 3.63) is 0 Å². The van der Waals surface area contributed by atoms with Crippen molar-refractivity contribution >= 4 is 7.82 Å². The molecular formula is H2FeMoO4P. The smallest absolute Gasteiger partial charge is 0 e. The van der Waals surface area contributed by atoms with Crippen molar-refractivity contribution in [1.82, 2.24) is 0 Å². The molecule has 0 aromatic rings. The second kappa shape index (κ2) is 4.22. The van der Waals surface area contributed by atoms with Gasteiger partial charge in [0, 0.05) is 17.1 Å². The third-order valence-electron chi connectivity index (χ3n) is 0.0971. The van der Waals surface area contributed by atoms with Gasteiger partial charge in [-0.1, -0.05) is 0 Å². The van der Waals surface area contributed by atoms with Gasteiger partial charge in [-0.2, -0.15) is 0 Å². The molecule has 0 radical (unpaired) electrons. The van der Waals surface area contributed by atoms with Gasteiger partial charge in [0.05, 0.1) is 0 Å².